The van der Waals surface area contributed by atoms with Crippen molar-refractivity contribution in [2.24, 2.45) is 11.8 Å². The standard InChI is InChI=1S/C16H23N3OS/c1-2-12-11-19-6-5-13(12)8-14(19)9-17-16(21)18-10-15-4-3-7-20-15/h2-4,7,12-14H,1,5-6,8-11H2,(H2,17,18,21)/t12-,13-,14+/m0/s1. The van der Waals surface area contributed by atoms with Crippen LogP contribution in [0.4, 0.5) is 0 Å². The van der Waals surface area contributed by atoms with Gasteiger partial charge in [0.1, 0.15) is 5.76 Å². The molecule has 4 heterocycles. The Bertz CT molecular complexity index is 488. The van der Waals surface area contributed by atoms with Crippen molar-refractivity contribution in [2.45, 2.75) is 25.4 Å². The van der Waals surface area contributed by atoms with Gasteiger partial charge in [0, 0.05) is 19.1 Å². The molecule has 114 valence electrons. The van der Waals surface area contributed by atoms with Gasteiger partial charge in [-0.2, -0.15) is 0 Å². The van der Waals surface area contributed by atoms with E-state index >= 15 is 0 Å². The lowest BCUT2D eigenvalue weighted by atomic mass is 9.76. The van der Waals surface area contributed by atoms with Gasteiger partial charge >= 0.3 is 0 Å². The third-order valence-electron chi connectivity index (χ3n) is 4.73. The van der Waals surface area contributed by atoms with Gasteiger partial charge in [-0.25, -0.2) is 0 Å². The Hall–Kier alpha value is -1.33. The second-order valence-electron chi connectivity index (χ2n) is 5.98. The number of piperidine rings is 3. The summed E-state index contributed by atoms with van der Waals surface area (Å²) in [6.07, 6.45) is 6.38. The molecule has 5 heteroatoms. The molecule has 1 aromatic heterocycles. The van der Waals surface area contributed by atoms with E-state index in [-0.39, 0.29) is 0 Å². The van der Waals surface area contributed by atoms with E-state index in [9.17, 15) is 0 Å². The molecule has 0 amide bonds. The molecule has 3 aliphatic rings. The van der Waals surface area contributed by atoms with Gasteiger partial charge in [0.2, 0.25) is 0 Å². The van der Waals surface area contributed by atoms with Gasteiger partial charge in [0.05, 0.1) is 12.8 Å². The summed E-state index contributed by atoms with van der Waals surface area (Å²) in [6.45, 7) is 7.90. The average molecular weight is 305 g/mol. The Balaban J connectivity index is 1.41. The fourth-order valence-corrected chi connectivity index (χ4v) is 3.67. The molecule has 3 saturated heterocycles. The monoisotopic (exact) mass is 305 g/mol. The predicted molar refractivity (Wildman–Crippen MR) is 87.9 cm³/mol. The molecule has 4 nitrogen and oxygen atoms in total. The van der Waals surface area contributed by atoms with Crippen LogP contribution in [0.3, 0.4) is 0 Å². The number of nitrogens with one attached hydrogen (secondary N) is 2. The van der Waals surface area contributed by atoms with Crippen molar-refractivity contribution in [3.63, 3.8) is 0 Å². The van der Waals surface area contributed by atoms with Crippen LogP contribution in [0.1, 0.15) is 18.6 Å². The SMILES string of the molecule is C=C[C@H]1CN2CC[C@H]1C[C@@H]2CNC(=S)NCc1ccco1. The number of thiocarbonyl (C=S) groups is 1. The van der Waals surface area contributed by atoms with Crippen molar-refractivity contribution in [3.05, 3.63) is 36.8 Å². The molecule has 0 spiro atoms. The molecule has 4 rings (SSSR count). The summed E-state index contributed by atoms with van der Waals surface area (Å²) >= 11 is 5.33. The molecule has 0 radical (unpaired) electrons. The zero-order chi connectivity index (χ0) is 14.7. The molecular weight excluding hydrogens is 282 g/mol. The van der Waals surface area contributed by atoms with Crippen LogP contribution in [0, 0.1) is 11.8 Å². The van der Waals surface area contributed by atoms with Crippen molar-refractivity contribution in [1.29, 1.82) is 0 Å². The van der Waals surface area contributed by atoms with Gasteiger partial charge in [-0.15, -0.1) is 6.58 Å². The first-order valence-corrected chi connectivity index (χ1v) is 8.08. The Morgan fingerprint density at radius 1 is 1.52 bits per heavy atom. The number of hydrogen-bond acceptors (Lipinski definition) is 3. The molecule has 4 atom stereocenters. The zero-order valence-electron chi connectivity index (χ0n) is 12.3. The highest BCUT2D eigenvalue weighted by Gasteiger charge is 2.38. The van der Waals surface area contributed by atoms with E-state index < -0.39 is 0 Å². The molecule has 2 bridgehead atoms. The summed E-state index contributed by atoms with van der Waals surface area (Å²) in [7, 11) is 0. The third-order valence-corrected chi connectivity index (χ3v) is 5.02. The zero-order valence-corrected chi connectivity index (χ0v) is 13.1. The largest absolute Gasteiger partial charge is 0.467 e. The lowest BCUT2D eigenvalue weighted by Gasteiger charge is -2.49. The number of fused-ring (bicyclic) bond motifs is 3. The van der Waals surface area contributed by atoms with E-state index in [4.69, 9.17) is 16.6 Å². The fraction of sp³-hybridized carbons (Fsp3) is 0.562. The van der Waals surface area contributed by atoms with E-state index in [0.717, 1.165) is 24.8 Å². The van der Waals surface area contributed by atoms with Crippen molar-refractivity contribution in [3.8, 4) is 0 Å². The summed E-state index contributed by atoms with van der Waals surface area (Å²) < 4.78 is 5.28. The maximum atomic E-state index is 5.33. The Morgan fingerprint density at radius 3 is 3.10 bits per heavy atom. The highest BCUT2D eigenvalue weighted by atomic mass is 32.1. The molecule has 0 aromatic carbocycles. The third kappa shape index (κ3) is 3.47. The molecule has 3 fully saturated rings. The van der Waals surface area contributed by atoms with Gasteiger partial charge in [0.25, 0.3) is 0 Å². The van der Waals surface area contributed by atoms with Gasteiger partial charge in [-0.3, -0.25) is 4.90 Å². The van der Waals surface area contributed by atoms with Crippen LogP contribution in [0.15, 0.2) is 35.5 Å². The van der Waals surface area contributed by atoms with Crippen LogP contribution >= 0.6 is 12.2 Å². The van der Waals surface area contributed by atoms with E-state index in [1.54, 1.807) is 6.26 Å². The summed E-state index contributed by atoms with van der Waals surface area (Å²) in [5.41, 5.74) is 0. The minimum absolute atomic E-state index is 0.600. The highest BCUT2D eigenvalue weighted by molar-refractivity contribution is 7.80. The van der Waals surface area contributed by atoms with Gasteiger partial charge in [-0.1, -0.05) is 6.08 Å². The summed E-state index contributed by atoms with van der Waals surface area (Å²) in [5, 5.41) is 7.23. The molecule has 0 aliphatic carbocycles. The smallest absolute Gasteiger partial charge is 0.166 e. The molecule has 0 saturated carbocycles. The van der Waals surface area contributed by atoms with Crippen molar-refractivity contribution >= 4 is 17.3 Å². The second-order valence-corrected chi connectivity index (χ2v) is 6.38. The van der Waals surface area contributed by atoms with Crippen molar-refractivity contribution in [2.75, 3.05) is 19.6 Å². The number of furan rings is 1. The summed E-state index contributed by atoms with van der Waals surface area (Å²) in [6, 6.07) is 4.43. The number of hydrogen-bond donors (Lipinski definition) is 2. The summed E-state index contributed by atoms with van der Waals surface area (Å²) in [4.78, 5) is 2.58. The first-order valence-electron chi connectivity index (χ1n) is 7.67. The second kappa shape index (κ2) is 6.62. The minimum atomic E-state index is 0.600. The van der Waals surface area contributed by atoms with Gasteiger partial charge < -0.3 is 15.1 Å². The average Bonchev–Trinajstić information content (AvgIpc) is 3.04. The lowest BCUT2D eigenvalue weighted by molar-refractivity contribution is 0.0215. The molecule has 21 heavy (non-hydrogen) atoms. The van der Waals surface area contributed by atoms with Gasteiger partial charge in [-0.05, 0) is 55.6 Å². The molecule has 2 N–H and O–H groups in total. The van der Waals surface area contributed by atoms with E-state index in [0.29, 0.717) is 23.6 Å². The highest BCUT2D eigenvalue weighted by Crippen LogP contribution is 2.36. The number of rotatable bonds is 5. The molecule has 1 aromatic rings. The normalized spacial score (nSPS) is 30.9. The van der Waals surface area contributed by atoms with Crippen LogP contribution in [0.25, 0.3) is 0 Å². The van der Waals surface area contributed by atoms with Crippen molar-refractivity contribution < 1.29 is 4.42 Å². The van der Waals surface area contributed by atoms with E-state index in [2.05, 4.69) is 28.2 Å². The van der Waals surface area contributed by atoms with Crippen molar-refractivity contribution in [1.82, 2.24) is 15.5 Å². The maximum absolute atomic E-state index is 5.33. The number of nitrogens with zero attached hydrogens (tertiary/aromatic N) is 1. The fourth-order valence-electron chi connectivity index (χ4n) is 3.51. The molecular formula is C16H23N3OS. The topological polar surface area (TPSA) is 40.4 Å². The van der Waals surface area contributed by atoms with Gasteiger partial charge in [0.15, 0.2) is 5.11 Å². The van der Waals surface area contributed by atoms with Crippen LogP contribution in [-0.4, -0.2) is 35.7 Å². The first kappa shape index (κ1) is 14.6. The van der Waals surface area contributed by atoms with Crippen LogP contribution < -0.4 is 10.6 Å². The Kier molecular flexibility index (Phi) is 4.60. The first-order chi connectivity index (χ1) is 10.3. The molecule has 3 aliphatic heterocycles. The molecule has 1 unspecified atom stereocenters. The van der Waals surface area contributed by atoms with E-state index in [1.165, 1.54) is 19.4 Å². The van der Waals surface area contributed by atoms with Crippen LogP contribution in [-0.2, 0) is 6.54 Å². The Morgan fingerprint density at radius 2 is 2.43 bits per heavy atom. The Labute approximate surface area is 131 Å². The maximum Gasteiger partial charge on any atom is 0.166 e. The minimum Gasteiger partial charge on any atom is -0.467 e. The van der Waals surface area contributed by atoms with Crippen LogP contribution in [0.5, 0.6) is 0 Å². The van der Waals surface area contributed by atoms with E-state index in [1.807, 2.05) is 12.1 Å². The summed E-state index contributed by atoms with van der Waals surface area (Å²) in [5.74, 6) is 2.39. The quantitative estimate of drug-likeness (QED) is 0.644. The van der Waals surface area contributed by atoms with Crippen LogP contribution in [0.2, 0.25) is 0 Å². The predicted octanol–water partition coefficient (Wildman–Crippen LogP) is 2.14. The lowest BCUT2D eigenvalue weighted by Crippen LogP contribution is -2.56.